The molecule has 0 N–H and O–H groups in total. The molecular formula is C33H37N3O7S2. The second-order valence-corrected chi connectivity index (χ2v) is 15.0. The number of carbonyl (C=O) groups is 1. The third kappa shape index (κ3) is 7.30. The van der Waals surface area contributed by atoms with Gasteiger partial charge in [0.25, 0.3) is 5.91 Å². The largest absolute Gasteiger partial charge is 0.497 e. The quantitative estimate of drug-likeness (QED) is 0.225. The molecule has 1 aromatic heterocycles. The Hall–Kier alpha value is -3.97. The molecule has 12 heteroatoms. The molecule has 0 aliphatic carbocycles. The van der Waals surface area contributed by atoms with Gasteiger partial charge < -0.3 is 14.1 Å². The topological polar surface area (TPSA) is 117 Å². The summed E-state index contributed by atoms with van der Waals surface area (Å²) in [5.41, 5.74) is 2.77. The van der Waals surface area contributed by atoms with Crippen molar-refractivity contribution in [3.8, 4) is 5.75 Å². The van der Waals surface area contributed by atoms with Gasteiger partial charge in [0.05, 0.1) is 23.2 Å². The van der Waals surface area contributed by atoms with Crippen LogP contribution in [-0.4, -0.2) is 69.5 Å². The number of furan rings is 1. The lowest BCUT2D eigenvalue weighted by Crippen LogP contribution is -2.50. The van der Waals surface area contributed by atoms with Gasteiger partial charge in [-0.25, -0.2) is 16.8 Å². The van der Waals surface area contributed by atoms with Gasteiger partial charge in [0.15, 0.2) is 5.76 Å². The molecule has 0 spiro atoms. The summed E-state index contributed by atoms with van der Waals surface area (Å²) in [6.45, 7) is 5.09. The van der Waals surface area contributed by atoms with Gasteiger partial charge in [0.2, 0.25) is 20.0 Å². The number of amides is 1. The summed E-state index contributed by atoms with van der Waals surface area (Å²) in [5.74, 6) is 0.930. The number of sulfonamides is 2. The van der Waals surface area contributed by atoms with Crippen molar-refractivity contribution < 1.29 is 30.8 Å². The number of carbonyl (C=O) groups excluding carboxylic acids is 1. The molecule has 1 saturated heterocycles. The van der Waals surface area contributed by atoms with E-state index in [0.29, 0.717) is 11.7 Å². The van der Waals surface area contributed by atoms with Gasteiger partial charge >= 0.3 is 0 Å². The second kappa shape index (κ2) is 13.6. The monoisotopic (exact) mass is 651 g/mol. The predicted octanol–water partition coefficient (Wildman–Crippen LogP) is 4.95. The molecule has 0 bridgehead atoms. The third-order valence-corrected chi connectivity index (χ3v) is 11.6. The molecule has 238 valence electrons. The van der Waals surface area contributed by atoms with Crippen molar-refractivity contribution in [3.63, 3.8) is 0 Å². The first-order valence-electron chi connectivity index (χ1n) is 14.6. The highest BCUT2D eigenvalue weighted by molar-refractivity contribution is 7.89. The number of hydrogen-bond donors (Lipinski definition) is 0. The first-order chi connectivity index (χ1) is 21.5. The maximum atomic E-state index is 14.0. The standard InChI is InChI=1S/C33H37N3O7S2/c1-25(2)28-10-6-26(7-11-28)23-36(24-27-8-12-29(42-3)13-9-27)45(40,41)31-16-14-30(15-17-31)44(38,39)35-20-18-34(19-21-35)33(37)32-5-4-22-43-32/h4-17,22,25H,18-21,23-24H2,1-3H3. The van der Waals surface area contributed by atoms with Crippen LogP contribution in [-0.2, 0) is 33.1 Å². The van der Waals surface area contributed by atoms with Crippen LogP contribution in [0.1, 0.15) is 47.0 Å². The van der Waals surface area contributed by atoms with E-state index in [1.807, 2.05) is 36.4 Å². The zero-order chi connectivity index (χ0) is 32.2. The van der Waals surface area contributed by atoms with Crippen molar-refractivity contribution in [2.24, 2.45) is 0 Å². The minimum absolute atomic E-state index is 0.0115. The highest BCUT2D eigenvalue weighted by Gasteiger charge is 2.32. The lowest BCUT2D eigenvalue weighted by Gasteiger charge is -2.33. The summed E-state index contributed by atoms with van der Waals surface area (Å²) >= 11 is 0. The van der Waals surface area contributed by atoms with E-state index in [-0.39, 0.29) is 60.7 Å². The van der Waals surface area contributed by atoms with Crippen molar-refractivity contribution >= 4 is 26.0 Å². The summed E-state index contributed by atoms with van der Waals surface area (Å²) in [6, 6.07) is 23.6. The molecule has 0 radical (unpaired) electrons. The summed E-state index contributed by atoms with van der Waals surface area (Å²) in [4.78, 5) is 14.1. The average molecular weight is 652 g/mol. The lowest BCUT2D eigenvalue weighted by molar-refractivity contribution is 0.0666. The van der Waals surface area contributed by atoms with Crippen LogP contribution >= 0.6 is 0 Å². The Bertz CT molecular complexity index is 1800. The van der Waals surface area contributed by atoms with E-state index in [2.05, 4.69) is 13.8 Å². The van der Waals surface area contributed by atoms with Gasteiger partial charge in [0, 0.05) is 39.3 Å². The van der Waals surface area contributed by atoms with E-state index >= 15 is 0 Å². The molecule has 0 saturated carbocycles. The number of ether oxygens (including phenoxy) is 1. The summed E-state index contributed by atoms with van der Waals surface area (Å²) in [6.07, 6.45) is 1.42. The Morgan fingerprint density at radius 3 is 1.87 bits per heavy atom. The average Bonchev–Trinajstić information content (AvgIpc) is 3.60. The summed E-state index contributed by atoms with van der Waals surface area (Å²) < 4.78 is 68.0. The Morgan fingerprint density at radius 1 is 0.800 bits per heavy atom. The van der Waals surface area contributed by atoms with E-state index in [4.69, 9.17) is 9.15 Å². The Labute approximate surface area is 264 Å². The SMILES string of the molecule is COc1ccc(CN(Cc2ccc(C(C)C)cc2)S(=O)(=O)c2ccc(S(=O)(=O)N3CCN(C(=O)c4ccco4)CC3)cc2)cc1. The Kier molecular flexibility index (Phi) is 9.78. The van der Waals surface area contributed by atoms with Gasteiger partial charge in [0.1, 0.15) is 5.75 Å². The van der Waals surface area contributed by atoms with Crippen molar-refractivity contribution in [1.29, 1.82) is 0 Å². The number of piperazine rings is 1. The highest BCUT2D eigenvalue weighted by atomic mass is 32.2. The number of hydrogen-bond acceptors (Lipinski definition) is 7. The number of benzene rings is 3. The van der Waals surface area contributed by atoms with Crippen LogP contribution in [0.25, 0.3) is 0 Å². The normalized spacial score (nSPS) is 14.6. The fourth-order valence-electron chi connectivity index (χ4n) is 5.14. The van der Waals surface area contributed by atoms with Crippen LogP contribution in [0, 0.1) is 0 Å². The van der Waals surface area contributed by atoms with Crippen LogP contribution in [0.15, 0.2) is 105 Å². The van der Waals surface area contributed by atoms with Crippen LogP contribution in [0.5, 0.6) is 5.75 Å². The first kappa shape index (κ1) is 32.4. The lowest BCUT2D eigenvalue weighted by atomic mass is 10.0. The maximum absolute atomic E-state index is 14.0. The van der Waals surface area contributed by atoms with Gasteiger partial charge in [-0.1, -0.05) is 50.2 Å². The van der Waals surface area contributed by atoms with Gasteiger partial charge in [-0.15, -0.1) is 0 Å². The van der Waals surface area contributed by atoms with Crippen molar-refractivity contribution in [2.75, 3.05) is 33.3 Å². The van der Waals surface area contributed by atoms with Gasteiger partial charge in [-0.3, -0.25) is 4.79 Å². The van der Waals surface area contributed by atoms with Crippen molar-refractivity contribution in [3.05, 3.63) is 114 Å². The second-order valence-electron chi connectivity index (χ2n) is 11.2. The van der Waals surface area contributed by atoms with Crippen molar-refractivity contribution in [1.82, 2.24) is 13.5 Å². The molecule has 0 unspecified atom stereocenters. The zero-order valence-electron chi connectivity index (χ0n) is 25.5. The molecule has 45 heavy (non-hydrogen) atoms. The molecule has 2 heterocycles. The van der Waals surface area contributed by atoms with E-state index in [9.17, 15) is 21.6 Å². The molecule has 3 aromatic carbocycles. The Balaban J connectivity index is 1.34. The molecule has 0 atom stereocenters. The molecule has 4 aromatic rings. The van der Waals surface area contributed by atoms with Crippen molar-refractivity contribution in [2.45, 2.75) is 42.6 Å². The fraction of sp³-hybridized carbons (Fsp3) is 0.303. The van der Waals surface area contributed by atoms with Crippen LogP contribution in [0.4, 0.5) is 0 Å². The van der Waals surface area contributed by atoms with Gasteiger partial charge in [-0.2, -0.15) is 8.61 Å². The maximum Gasteiger partial charge on any atom is 0.289 e. The van der Waals surface area contributed by atoms with E-state index < -0.39 is 20.0 Å². The Morgan fingerprint density at radius 2 is 1.36 bits per heavy atom. The number of nitrogens with zero attached hydrogens (tertiary/aromatic N) is 3. The van der Waals surface area contributed by atoms with E-state index in [1.54, 1.807) is 36.3 Å². The summed E-state index contributed by atoms with van der Waals surface area (Å²) in [5, 5.41) is 0. The molecular weight excluding hydrogens is 615 g/mol. The highest BCUT2D eigenvalue weighted by Crippen LogP contribution is 2.26. The van der Waals surface area contributed by atoms with Gasteiger partial charge in [-0.05, 0) is 71.1 Å². The molecule has 1 aliphatic heterocycles. The minimum atomic E-state index is -4.02. The molecule has 1 aliphatic rings. The predicted molar refractivity (Wildman–Crippen MR) is 170 cm³/mol. The van der Waals surface area contributed by atoms with E-state index in [0.717, 1.165) is 16.7 Å². The van der Waals surface area contributed by atoms with E-state index in [1.165, 1.54) is 39.1 Å². The number of rotatable bonds is 11. The molecule has 1 fully saturated rings. The smallest absolute Gasteiger partial charge is 0.289 e. The molecule has 5 rings (SSSR count). The summed E-state index contributed by atoms with van der Waals surface area (Å²) in [7, 11) is -6.37. The van der Waals surface area contributed by atoms with Crippen LogP contribution in [0.2, 0.25) is 0 Å². The minimum Gasteiger partial charge on any atom is -0.497 e. The first-order valence-corrected chi connectivity index (χ1v) is 17.5. The van der Waals surface area contributed by atoms with Crippen LogP contribution in [0.3, 0.4) is 0 Å². The molecule has 1 amide bonds. The fourth-order valence-corrected chi connectivity index (χ4v) is 7.98. The third-order valence-electron chi connectivity index (χ3n) is 7.88. The van der Waals surface area contributed by atoms with Crippen LogP contribution < -0.4 is 4.74 Å². The zero-order valence-corrected chi connectivity index (χ0v) is 27.1. The number of methoxy groups -OCH3 is 1. The molecule has 10 nitrogen and oxygen atoms in total.